The Morgan fingerprint density at radius 3 is 1.32 bits per heavy atom. The molecule has 3 aromatic rings. The molecule has 46 heteroatoms. The molecule has 1 saturated carbocycles. The molecule has 4 heterocycles. The highest BCUT2D eigenvalue weighted by molar-refractivity contribution is 5.99. The van der Waals surface area contributed by atoms with E-state index in [1.165, 1.54) is 52.1 Å². The number of urea groups is 1. The molecule has 10 amide bonds. The fraction of sp³-hybridized carbons (Fsp3) is 0.553. The summed E-state index contributed by atoms with van der Waals surface area (Å²) < 4.78 is 0. The largest absolute Gasteiger partial charge is 0.481 e. The first-order valence-corrected chi connectivity index (χ1v) is 43.1. The van der Waals surface area contributed by atoms with Gasteiger partial charge < -0.3 is 104 Å². The average molecular weight is 1840 g/mol. The molecule has 9 atom stereocenters. The Morgan fingerprint density at radius 1 is 0.412 bits per heavy atom. The molecule has 2 aromatic carbocycles. The van der Waals surface area contributed by atoms with E-state index in [0.29, 0.717) is 42.5 Å². The van der Waals surface area contributed by atoms with Crippen LogP contribution >= 0.6 is 0 Å². The highest BCUT2D eigenvalue weighted by atomic mass is 16.4. The van der Waals surface area contributed by atoms with Crippen molar-refractivity contribution in [3.63, 3.8) is 0 Å². The average Bonchev–Trinajstić information content (AvgIpc) is 1.54. The number of benzene rings is 2. The van der Waals surface area contributed by atoms with Gasteiger partial charge in [0.05, 0.1) is 44.5 Å². The summed E-state index contributed by atoms with van der Waals surface area (Å²) >= 11 is 0. The lowest BCUT2D eigenvalue weighted by Gasteiger charge is -2.33. The second-order valence-electron chi connectivity index (χ2n) is 32.7. The van der Waals surface area contributed by atoms with E-state index < -0.39 is 257 Å². The fourth-order valence-electron chi connectivity index (χ4n) is 15.3. The number of carbonyl (C=O) groups is 19. The minimum Gasteiger partial charge on any atom is -0.481 e. The monoisotopic (exact) mass is 1840 g/mol. The van der Waals surface area contributed by atoms with Crippen LogP contribution in [-0.2, 0) is 99.1 Å². The zero-order valence-corrected chi connectivity index (χ0v) is 72.2. The number of hydrogen-bond acceptors (Lipinski definition) is 26. The molecule has 3 aliphatic heterocycles. The van der Waals surface area contributed by atoms with Crippen LogP contribution in [0.3, 0.4) is 0 Å². The number of carboxylic acid groups (broad SMARTS) is 9. The molecule has 1 aromatic heterocycles. The molecule has 4 aliphatic rings. The SMILES string of the molecule is O=C(O)CCC(NC(=O)NC(CCCCNC(=O)C(Cc1ccc2ccccc2c1)NC(=O)C1CCC(CNC(=O)C(CC(=O)C(CCC(=O)O)NC(=O)C(CC2=CN=CC2)NC(=O)C(CCC(=O)O)NC(=O)C(CC2=CN=CC2)NC(=O)C(CCC(=O)O)NC(=O)CN2CCN(CC(=O)O)CCN(CC(=O)O)CCN(CC(=O)O)CC2)Cc2cnc[nH]2)CC1)C(=O)O)C(=O)O. The molecule has 0 radical (unpaired) electrons. The van der Waals surface area contributed by atoms with Crippen molar-refractivity contribution in [1.82, 2.24) is 82.7 Å². The Morgan fingerprint density at radius 2 is 0.855 bits per heavy atom. The number of fused-ring (bicyclic) bond motifs is 1. The van der Waals surface area contributed by atoms with Crippen molar-refractivity contribution >= 4 is 136 Å². The Hall–Kier alpha value is -13.5. The highest BCUT2D eigenvalue weighted by Crippen LogP contribution is 2.30. The van der Waals surface area contributed by atoms with E-state index in [2.05, 4.69) is 73.1 Å². The number of aliphatic imine (C=N–C) groups is 2. The molecule has 0 spiro atoms. The minimum atomic E-state index is -1.84. The van der Waals surface area contributed by atoms with Crippen LogP contribution in [0.25, 0.3) is 10.8 Å². The molecular formula is C85H116N18O28. The van der Waals surface area contributed by atoms with Crippen LogP contribution in [0, 0.1) is 17.8 Å². The molecule has 714 valence electrons. The number of H-pyrrole nitrogens is 1. The van der Waals surface area contributed by atoms with E-state index in [0.717, 1.165) is 16.3 Å². The molecule has 131 heavy (non-hydrogen) atoms. The first kappa shape index (κ1) is 105. The van der Waals surface area contributed by atoms with Crippen LogP contribution in [0.15, 0.2) is 88.5 Å². The number of rotatable bonds is 55. The Labute approximate surface area is 751 Å². The van der Waals surface area contributed by atoms with Crippen LogP contribution in [-0.4, -0.2) is 341 Å². The number of Topliss-reactive ketones (excluding diaryl/α,β-unsaturated/α-hetero) is 1. The molecular weight excluding hydrogens is 1720 g/mol. The number of imidazole rings is 1. The van der Waals surface area contributed by atoms with Gasteiger partial charge in [0.1, 0.15) is 42.3 Å². The molecule has 20 N–H and O–H groups in total. The fourth-order valence-corrected chi connectivity index (χ4v) is 15.3. The van der Waals surface area contributed by atoms with Crippen LogP contribution in [0.2, 0.25) is 0 Å². The normalized spacial score (nSPS) is 17.7. The number of hydrogen-bond donors (Lipinski definition) is 20. The van der Waals surface area contributed by atoms with Gasteiger partial charge in [0.25, 0.3) is 0 Å². The molecule has 0 bridgehead atoms. The van der Waals surface area contributed by atoms with Crippen molar-refractivity contribution in [3.05, 3.63) is 89.8 Å². The van der Waals surface area contributed by atoms with E-state index in [9.17, 15) is 132 Å². The topological polar surface area (TPSA) is 693 Å². The molecule has 1 saturated heterocycles. The minimum absolute atomic E-state index is 0.00481. The van der Waals surface area contributed by atoms with Crippen molar-refractivity contribution in [2.45, 2.75) is 190 Å². The third-order valence-electron chi connectivity index (χ3n) is 22.5. The highest BCUT2D eigenvalue weighted by Gasteiger charge is 2.38. The van der Waals surface area contributed by atoms with Crippen LogP contribution in [0.4, 0.5) is 4.79 Å². The van der Waals surface area contributed by atoms with E-state index in [1.807, 2.05) is 42.5 Å². The van der Waals surface area contributed by atoms with Gasteiger partial charge >= 0.3 is 59.8 Å². The summed E-state index contributed by atoms with van der Waals surface area (Å²) in [5.41, 5.74) is 2.03. The maximum absolute atomic E-state index is 14.9. The zero-order valence-electron chi connectivity index (χ0n) is 72.2. The first-order valence-electron chi connectivity index (χ1n) is 43.1. The predicted octanol–water partition coefficient (Wildman–Crippen LogP) is -1.32. The summed E-state index contributed by atoms with van der Waals surface area (Å²) in [6.07, 6.45) is 4.20. The van der Waals surface area contributed by atoms with Gasteiger partial charge in [-0.25, -0.2) is 19.4 Å². The van der Waals surface area contributed by atoms with Crippen LogP contribution in [0.5, 0.6) is 0 Å². The number of ketones is 1. The van der Waals surface area contributed by atoms with Crippen molar-refractivity contribution in [3.8, 4) is 0 Å². The summed E-state index contributed by atoms with van der Waals surface area (Å²) in [4.78, 5) is 271. The van der Waals surface area contributed by atoms with Crippen molar-refractivity contribution in [2.24, 2.45) is 27.7 Å². The summed E-state index contributed by atoms with van der Waals surface area (Å²) in [5, 5.41) is 114. The lowest BCUT2D eigenvalue weighted by Crippen LogP contribution is -2.59. The Kier molecular flexibility index (Phi) is 43.2. The van der Waals surface area contributed by atoms with E-state index in [1.54, 1.807) is 4.90 Å². The van der Waals surface area contributed by atoms with E-state index >= 15 is 0 Å². The third kappa shape index (κ3) is 38.8. The zero-order chi connectivity index (χ0) is 95.6. The number of aromatic nitrogens is 2. The van der Waals surface area contributed by atoms with Gasteiger partial charge in [-0.1, -0.05) is 42.5 Å². The molecule has 46 nitrogen and oxygen atoms in total. The van der Waals surface area contributed by atoms with E-state index in [-0.39, 0.29) is 129 Å². The van der Waals surface area contributed by atoms with Crippen LogP contribution in [0.1, 0.15) is 140 Å². The van der Waals surface area contributed by atoms with Crippen molar-refractivity contribution in [1.29, 1.82) is 0 Å². The van der Waals surface area contributed by atoms with Gasteiger partial charge in [-0.15, -0.1) is 0 Å². The smallest absolute Gasteiger partial charge is 0.326 e. The Bertz CT molecular complexity index is 4640. The van der Waals surface area contributed by atoms with Gasteiger partial charge in [-0.3, -0.25) is 106 Å². The number of nitrogens with zero attached hydrogens (tertiary/aromatic N) is 7. The molecule has 2 fully saturated rings. The maximum atomic E-state index is 14.9. The number of carboxylic acids is 9. The lowest BCUT2D eigenvalue weighted by molar-refractivity contribution is -0.141. The standard InChI is InChI=1S/C85H116N18O28/c104-67(40-57(39-58-44-88-49-91-58)76(120)90-43-50-8-12-55(13-9-50)77(121)95-64(36-51-10-11-54-5-1-2-6-56(54)35-51)78(122)89-24-4-3-7-62(83(127)128)98-85(131)99-63(84(129)130)17-21-72(112)113)59(14-18-69(106)107)93-81(125)65(37-52-22-25-86-41-52)97-80(124)61(16-20-71(110)111)94-82(126)66(38-53-23-26-87-42-53)96-79(123)60(15-19-70(108)109)92-68(105)45-100-27-29-101(46-73(114)115)31-33-103(48-75(118)119)34-32-102(30-28-100)47-74(116)117/h1-2,5-6,10-11,25-26,35,41-42,44,49-50,55,57,59-66H,3-4,7-9,12-24,27-34,36-40,43,45-48H2,(H,88,91)(H,89,122)(H,90,120)(H,92,105)(H,93,125)(H,94,126)(H,95,121)(H,96,123)(H,97,124)(H,106,107)(H,108,109)(H,110,111)(H,112,113)(H,114,115)(H,116,117)(H,118,119)(H,127,128)(H,129,130)(H2,98,99,131). The molecule has 7 rings (SSSR count). The van der Waals surface area contributed by atoms with Gasteiger partial charge in [0.15, 0.2) is 5.78 Å². The van der Waals surface area contributed by atoms with Crippen LogP contribution < -0.4 is 53.2 Å². The van der Waals surface area contributed by atoms with E-state index in [4.69, 9.17) is 5.11 Å². The molecule has 1 aliphatic carbocycles. The van der Waals surface area contributed by atoms with Crippen molar-refractivity contribution in [2.75, 3.05) is 91.6 Å². The number of unbranched alkanes of at least 4 members (excludes halogenated alkanes) is 1. The quantitative estimate of drug-likeness (QED) is 0.0291. The van der Waals surface area contributed by atoms with Crippen molar-refractivity contribution < 1.29 is 137 Å². The number of amides is 10. The Balaban J connectivity index is 1.01. The van der Waals surface area contributed by atoms with Gasteiger partial charge in [-0.2, -0.15) is 0 Å². The van der Waals surface area contributed by atoms with Gasteiger partial charge in [0.2, 0.25) is 47.3 Å². The lowest BCUT2D eigenvalue weighted by atomic mass is 9.81. The number of nitrogens with one attached hydrogen (secondary N) is 11. The predicted molar refractivity (Wildman–Crippen MR) is 462 cm³/mol. The number of carbonyl (C=O) groups excluding carboxylic acids is 10. The summed E-state index contributed by atoms with van der Waals surface area (Å²) in [6.45, 7) is -1.57. The third-order valence-corrected chi connectivity index (χ3v) is 22.5. The molecule has 9 unspecified atom stereocenters. The first-order chi connectivity index (χ1) is 62.4. The summed E-state index contributed by atoms with van der Waals surface area (Å²) in [6, 6.07) is -0.762. The maximum Gasteiger partial charge on any atom is 0.326 e. The second-order valence-corrected chi connectivity index (χ2v) is 32.7. The van der Waals surface area contributed by atoms with Gasteiger partial charge in [-0.05, 0) is 117 Å². The number of aromatic amines is 1. The number of aliphatic carboxylic acids is 9. The second kappa shape index (κ2) is 54.1. The van der Waals surface area contributed by atoms with Gasteiger partial charge in [0, 0.05) is 166 Å². The summed E-state index contributed by atoms with van der Waals surface area (Å²) in [5.74, 6) is -21.8. The summed E-state index contributed by atoms with van der Waals surface area (Å²) in [7, 11) is 0.